The molecule has 1 aliphatic heterocycles. The van der Waals surface area contributed by atoms with Crippen LogP contribution in [-0.2, 0) is 9.53 Å². The molecule has 0 fully saturated rings. The van der Waals surface area contributed by atoms with Gasteiger partial charge in [0.1, 0.15) is 22.4 Å². The van der Waals surface area contributed by atoms with Gasteiger partial charge in [-0.15, -0.1) is 11.3 Å². The number of hydrogen-bond donors (Lipinski definition) is 3. The van der Waals surface area contributed by atoms with Crippen LogP contribution in [-0.4, -0.2) is 47.6 Å². The number of nitrogens with zero attached hydrogens (tertiary/aromatic N) is 2. The summed E-state index contributed by atoms with van der Waals surface area (Å²) < 4.78 is 10.6. The van der Waals surface area contributed by atoms with Crippen molar-refractivity contribution < 1.29 is 24.2 Å². The van der Waals surface area contributed by atoms with Crippen molar-refractivity contribution >= 4 is 57.6 Å². The fourth-order valence-corrected chi connectivity index (χ4v) is 5.23. The van der Waals surface area contributed by atoms with Crippen molar-refractivity contribution in [2.45, 2.75) is 6.92 Å². The van der Waals surface area contributed by atoms with Gasteiger partial charge in [-0.05, 0) is 49.4 Å². The lowest BCUT2D eigenvalue weighted by atomic mass is 10.1. The first kappa shape index (κ1) is 27.9. The average Bonchev–Trinajstić information content (AvgIpc) is 3.56. The number of nitrogens with one attached hydrogen (secondary N) is 2. The molecular weight excluding hydrogens is 564 g/mol. The lowest BCUT2D eigenvalue weighted by Crippen LogP contribution is -2.26. The molecular formula is C30H25ClN4O5S. The number of aliphatic hydroxyl groups excluding tert-OH is 1. The van der Waals surface area contributed by atoms with Gasteiger partial charge in [-0.25, -0.2) is 9.78 Å². The summed E-state index contributed by atoms with van der Waals surface area (Å²) in [6.07, 6.45) is 0. The summed E-state index contributed by atoms with van der Waals surface area (Å²) in [5, 5.41) is 25.2. The van der Waals surface area contributed by atoms with Crippen LogP contribution in [0.3, 0.4) is 0 Å². The van der Waals surface area contributed by atoms with Gasteiger partial charge >= 0.3 is 5.97 Å². The van der Waals surface area contributed by atoms with Crippen molar-refractivity contribution in [3.63, 3.8) is 0 Å². The molecule has 0 atom stereocenters. The molecule has 3 N–H and O–H groups in total. The van der Waals surface area contributed by atoms with Crippen LogP contribution in [0.4, 0.5) is 11.4 Å². The predicted molar refractivity (Wildman–Crippen MR) is 160 cm³/mol. The van der Waals surface area contributed by atoms with Gasteiger partial charge in [-0.2, -0.15) is 0 Å². The highest BCUT2D eigenvalue weighted by molar-refractivity contribution is 7.11. The molecule has 1 amide bonds. The molecule has 0 saturated carbocycles. The lowest BCUT2D eigenvalue weighted by Gasteiger charge is -2.19. The first-order valence-corrected chi connectivity index (χ1v) is 13.9. The Balaban J connectivity index is 1.23. The Hall–Kier alpha value is -4.67. The number of amidine groups is 1. The number of aliphatic hydroxyl groups is 1. The summed E-state index contributed by atoms with van der Waals surface area (Å²) in [5.74, 6) is -0.513. The van der Waals surface area contributed by atoms with E-state index in [9.17, 15) is 14.7 Å². The second kappa shape index (κ2) is 12.2. The Labute approximate surface area is 245 Å². The number of halogens is 1. The summed E-state index contributed by atoms with van der Waals surface area (Å²) in [4.78, 5) is 31.3. The average molecular weight is 589 g/mol. The van der Waals surface area contributed by atoms with Crippen LogP contribution >= 0.6 is 22.9 Å². The zero-order valence-corrected chi connectivity index (χ0v) is 23.5. The molecule has 4 aromatic rings. The quantitative estimate of drug-likeness (QED) is 0.193. The second-order valence-electron chi connectivity index (χ2n) is 8.94. The molecule has 5 rings (SSSR count). The highest BCUT2D eigenvalue weighted by Gasteiger charge is 2.31. The molecule has 0 bridgehead atoms. The standard InChI is InChI=1S/C30H25ClN4O5S/c1-2-39-23-8-4-6-21(14-23)33-26(37)16-40-30(38)19-5-3-7-22(13-19)35-15-25(36)27(28(35)32)29-34-24(17-41-29)18-9-11-20(31)12-10-18/h3-14,17,32,36H,2,15-16H2,1H3,(H,33,37). The van der Waals surface area contributed by atoms with Gasteiger partial charge in [0.15, 0.2) is 6.61 Å². The summed E-state index contributed by atoms with van der Waals surface area (Å²) in [7, 11) is 0. The van der Waals surface area contributed by atoms with E-state index in [0.29, 0.717) is 45.0 Å². The maximum atomic E-state index is 12.7. The number of hydrogen-bond acceptors (Lipinski definition) is 8. The van der Waals surface area contributed by atoms with Gasteiger partial charge in [0.2, 0.25) is 0 Å². The van der Waals surface area contributed by atoms with Gasteiger partial charge in [-0.3, -0.25) is 10.2 Å². The molecule has 0 spiro atoms. The number of esters is 1. The zero-order valence-electron chi connectivity index (χ0n) is 21.9. The van der Waals surface area contributed by atoms with Crippen LogP contribution in [0, 0.1) is 5.41 Å². The number of carbonyl (C=O) groups excluding carboxylic acids is 2. The number of anilines is 2. The number of benzene rings is 3. The van der Waals surface area contributed by atoms with E-state index in [1.807, 2.05) is 24.4 Å². The predicted octanol–water partition coefficient (Wildman–Crippen LogP) is 6.42. The van der Waals surface area contributed by atoms with E-state index < -0.39 is 18.5 Å². The summed E-state index contributed by atoms with van der Waals surface area (Å²) >= 11 is 7.31. The molecule has 0 saturated heterocycles. The van der Waals surface area contributed by atoms with Crippen molar-refractivity contribution in [2.24, 2.45) is 0 Å². The minimum atomic E-state index is -0.694. The fraction of sp³-hybridized carbons (Fsp3) is 0.133. The molecule has 1 aliphatic rings. The molecule has 208 valence electrons. The Morgan fingerprint density at radius 2 is 1.90 bits per heavy atom. The molecule has 0 unspecified atom stereocenters. The normalized spacial score (nSPS) is 12.9. The molecule has 0 radical (unpaired) electrons. The van der Waals surface area contributed by atoms with Gasteiger partial charge in [0.25, 0.3) is 5.91 Å². The molecule has 2 heterocycles. The van der Waals surface area contributed by atoms with E-state index in [2.05, 4.69) is 10.3 Å². The van der Waals surface area contributed by atoms with Crippen LogP contribution in [0.15, 0.2) is 83.9 Å². The summed E-state index contributed by atoms with van der Waals surface area (Å²) in [6.45, 7) is 1.93. The van der Waals surface area contributed by atoms with E-state index >= 15 is 0 Å². The largest absolute Gasteiger partial charge is 0.510 e. The number of ether oxygens (including phenoxy) is 2. The van der Waals surface area contributed by atoms with Crippen LogP contribution in [0.25, 0.3) is 16.8 Å². The summed E-state index contributed by atoms with van der Waals surface area (Å²) in [5.41, 5.74) is 3.15. The van der Waals surface area contributed by atoms with E-state index in [4.69, 9.17) is 26.5 Å². The van der Waals surface area contributed by atoms with Gasteiger partial charge in [0.05, 0.1) is 30.0 Å². The monoisotopic (exact) mass is 588 g/mol. The van der Waals surface area contributed by atoms with E-state index in [0.717, 1.165) is 5.56 Å². The highest BCUT2D eigenvalue weighted by atomic mass is 35.5. The van der Waals surface area contributed by atoms with Gasteiger partial charge in [0, 0.05) is 33.4 Å². The van der Waals surface area contributed by atoms with Crippen LogP contribution in [0.5, 0.6) is 5.75 Å². The van der Waals surface area contributed by atoms with Crippen molar-refractivity contribution in [1.82, 2.24) is 4.98 Å². The molecule has 3 aromatic carbocycles. The molecule has 0 aliphatic carbocycles. The van der Waals surface area contributed by atoms with Gasteiger partial charge < -0.3 is 24.8 Å². The topological polar surface area (TPSA) is 125 Å². The third-order valence-corrected chi connectivity index (χ3v) is 7.23. The van der Waals surface area contributed by atoms with Crippen LogP contribution in [0.2, 0.25) is 5.02 Å². The second-order valence-corrected chi connectivity index (χ2v) is 10.2. The molecule has 9 nitrogen and oxygen atoms in total. The third-order valence-electron chi connectivity index (χ3n) is 6.12. The van der Waals surface area contributed by atoms with Crippen molar-refractivity contribution in [3.8, 4) is 17.0 Å². The first-order valence-electron chi connectivity index (χ1n) is 12.6. The minimum absolute atomic E-state index is 0.00469. The molecule has 11 heteroatoms. The lowest BCUT2D eigenvalue weighted by molar-refractivity contribution is -0.119. The van der Waals surface area contributed by atoms with E-state index in [-0.39, 0.29) is 23.7 Å². The van der Waals surface area contributed by atoms with Gasteiger partial charge in [-0.1, -0.05) is 35.9 Å². The Bertz CT molecular complexity index is 1650. The highest BCUT2D eigenvalue weighted by Crippen LogP contribution is 2.35. The van der Waals surface area contributed by atoms with Crippen molar-refractivity contribution in [2.75, 3.05) is 30.0 Å². The number of thiazole rings is 1. The zero-order chi connectivity index (χ0) is 28.9. The fourth-order valence-electron chi connectivity index (χ4n) is 4.21. The smallest absolute Gasteiger partial charge is 0.338 e. The first-order chi connectivity index (χ1) is 19.8. The van der Waals surface area contributed by atoms with Crippen molar-refractivity contribution in [3.05, 3.63) is 99.5 Å². The number of carbonyl (C=O) groups is 2. The van der Waals surface area contributed by atoms with E-state index in [1.54, 1.807) is 65.6 Å². The number of rotatable bonds is 9. The molecule has 1 aromatic heterocycles. The Morgan fingerprint density at radius 1 is 1.12 bits per heavy atom. The van der Waals surface area contributed by atoms with E-state index in [1.165, 1.54) is 11.3 Å². The Morgan fingerprint density at radius 3 is 2.68 bits per heavy atom. The van der Waals surface area contributed by atoms with Crippen LogP contribution < -0.4 is 15.0 Å². The maximum absolute atomic E-state index is 12.7. The Kier molecular flexibility index (Phi) is 8.32. The van der Waals surface area contributed by atoms with Crippen molar-refractivity contribution in [1.29, 1.82) is 5.41 Å². The third kappa shape index (κ3) is 6.40. The minimum Gasteiger partial charge on any atom is -0.510 e. The maximum Gasteiger partial charge on any atom is 0.338 e. The number of aromatic nitrogens is 1. The molecule has 41 heavy (non-hydrogen) atoms. The number of amides is 1. The SMILES string of the molecule is CCOc1cccc(NC(=O)COC(=O)c2cccc(N3CC(O)=C(c4nc(-c5ccc(Cl)cc5)cs4)C3=N)c2)c1. The summed E-state index contributed by atoms with van der Waals surface area (Å²) in [6, 6.07) is 20.7. The van der Waals surface area contributed by atoms with Crippen LogP contribution in [0.1, 0.15) is 22.3 Å².